The molecule has 2 amide bonds. The maximum absolute atomic E-state index is 12.6. The van der Waals surface area contributed by atoms with E-state index in [-0.39, 0.29) is 6.03 Å². The van der Waals surface area contributed by atoms with Crippen molar-refractivity contribution in [2.75, 3.05) is 43.5 Å². The minimum absolute atomic E-state index is 0.185. The molecule has 1 N–H and O–H groups in total. The predicted octanol–water partition coefficient (Wildman–Crippen LogP) is 4.81. The predicted molar refractivity (Wildman–Crippen MR) is 123 cm³/mol. The Hall–Kier alpha value is -3.03. The van der Waals surface area contributed by atoms with Gasteiger partial charge in [0.1, 0.15) is 5.75 Å². The fourth-order valence-corrected chi connectivity index (χ4v) is 3.99. The number of amides is 2. The van der Waals surface area contributed by atoms with E-state index in [9.17, 15) is 4.79 Å². The molecule has 1 fully saturated rings. The number of benzene rings is 2. The van der Waals surface area contributed by atoms with Gasteiger partial charge in [0.25, 0.3) is 0 Å². The van der Waals surface area contributed by atoms with Crippen LogP contribution in [0.15, 0.2) is 54.6 Å². The summed E-state index contributed by atoms with van der Waals surface area (Å²) in [4.78, 5) is 16.4. The second kappa shape index (κ2) is 9.41. The Morgan fingerprint density at radius 1 is 0.968 bits per heavy atom. The monoisotopic (exact) mass is 457 g/mol. The van der Waals surface area contributed by atoms with Gasteiger partial charge in [0.15, 0.2) is 5.82 Å². The highest BCUT2D eigenvalue weighted by molar-refractivity contribution is 6.35. The SMILES string of the molecule is COc1ccccc1-c1ccc(N2CCN(C(=O)Nc3cc(Cl)cc(Cl)c3)CC2)nn1. The lowest BCUT2D eigenvalue weighted by Gasteiger charge is -2.35. The number of halogens is 2. The molecule has 0 radical (unpaired) electrons. The number of piperazine rings is 1. The van der Waals surface area contributed by atoms with E-state index < -0.39 is 0 Å². The van der Waals surface area contributed by atoms with Crippen molar-refractivity contribution < 1.29 is 9.53 Å². The first-order chi connectivity index (χ1) is 15.0. The van der Waals surface area contributed by atoms with Crippen molar-refractivity contribution in [3.63, 3.8) is 0 Å². The van der Waals surface area contributed by atoms with E-state index in [4.69, 9.17) is 27.9 Å². The maximum Gasteiger partial charge on any atom is 0.321 e. The van der Waals surface area contributed by atoms with Gasteiger partial charge in [-0.25, -0.2) is 4.79 Å². The van der Waals surface area contributed by atoms with Gasteiger partial charge >= 0.3 is 6.03 Å². The third-order valence-electron chi connectivity index (χ3n) is 5.04. The fourth-order valence-electron chi connectivity index (χ4n) is 3.46. The summed E-state index contributed by atoms with van der Waals surface area (Å²) in [5.41, 5.74) is 2.22. The third kappa shape index (κ3) is 5.00. The Morgan fingerprint density at radius 3 is 2.32 bits per heavy atom. The van der Waals surface area contributed by atoms with Crippen molar-refractivity contribution in [2.24, 2.45) is 0 Å². The molecule has 0 spiro atoms. The van der Waals surface area contributed by atoms with E-state index in [0.717, 1.165) is 22.8 Å². The van der Waals surface area contributed by atoms with Gasteiger partial charge in [-0.15, -0.1) is 10.2 Å². The smallest absolute Gasteiger partial charge is 0.321 e. The van der Waals surface area contributed by atoms with Crippen molar-refractivity contribution in [2.45, 2.75) is 0 Å². The number of carbonyl (C=O) groups excluding carboxylic acids is 1. The Bertz CT molecular complexity index is 1050. The van der Waals surface area contributed by atoms with E-state index >= 15 is 0 Å². The number of aromatic nitrogens is 2. The van der Waals surface area contributed by atoms with Crippen molar-refractivity contribution in [1.82, 2.24) is 15.1 Å². The molecule has 2 aromatic carbocycles. The number of para-hydroxylation sites is 1. The van der Waals surface area contributed by atoms with Crippen LogP contribution in [0.4, 0.5) is 16.3 Å². The van der Waals surface area contributed by atoms with E-state index in [0.29, 0.717) is 41.9 Å². The highest BCUT2D eigenvalue weighted by atomic mass is 35.5. The molecular formula is C22H21Cl2N5O2. The molecule has 0 aliphatic carbocycles. The molecule has 160 valence electrons. The Morgan fingerprint density at radius 2 is 1.68 bits per heavy atom. The van der Waals surface area contributed by atoms with Gasteiger partial charge in [0.2, 0.25) is 0 Å². The van der Waals surface area contributed by atoms with Crippen LogP contribution in [-0.4, -0.2) is 54.4 Å². The average molecular weight is 458 g/mol. The molecule has 0 unspecified atom stereocenters. The Balaban J connectivity index is 1.37. The van der Waals surface area contributed by atoms with E-state index in [2.05, 4.69) is 20.4 Å². The maximum atomic E-state index is 12.6. The van der Waals surface area contributed by atoms with Crippen LogP contribution in [0.5, 0.6) is 5.75 Å². The summed E-state index contributed by atoms with van der Waals surface area (Å²) < 4.78 is 5.40. The van der Waals surface area contributed by atoms with Gasteiger partial charge in [0.05, 0.1) is 12.8 Å². The number of carbonyl (C=O) groups is 1. The zero-order chi connectivity index (χ0) is 21.8. The number of urea groups is 1. The van der Waals surface area contributed by atoms with Gasteiger partial charge in [0, 0.05) is 47.5 Å². The highest BCUT2D eigenvalue weighted by Crippen LogP contribution is 2.28. The van der Waals surface area contributed by atoms with Crippen molar-refractivity contribution >= 4 is 40.7 Å². The number of ether oxygens (including phenoxy) is 1. The van der Waals surface area contributed by atoms with Crippen LogP contribution >= 0.6 is 23.2 Å². The summed E-state index contributed by atoms with van der Waals surface area (Å²) in [6.45, 7) is 2.45. The first-order valence-corrected chi connectivity index (χ1v) is 10.5. The summed E-state index contributed by atoms with van der Waals surface area (Å²) >= 11 is 12.0. The number of nitrogens with zero attached hydrogens (tertiary/aromatic N) is 4. The van der Waals surface area contributed by atoms with E-state index in [1.807, 2.05) is 36.4 Å². The first-order valence-electron chi connectivity index (χ1n) is 9.77. The topological polar surface area (TPSA) is 70.6 Å². The molecule has 1 aliphatic heterocycles. The van der Waals surface area contributed by atoms with Crippen LogP contribution in [0.2, 0.25) is 10.0 Å². The molecule has 3 aromatic rings. The van der Waals surface area contributed by atoms with Gasteiger partial charge in [-0.2, -0.15) is 0 Å². The number of anilines is 2. The quantitative estimate of drug-likeness (QED) is 0.608. The molecule has 0 saturated carbocycles. The van der Waals surface area contributed by atoms with Crippen LogP contribution in [0.3, 0.4) is 0 Å². The summed E-state index contributed by atoms with van der Waals surface area (Å²) in [6, 6.07) is 16.4. The summed E-state index contributed by atoms with van der Waals surface area (Å²) in [5, 5.41) is 12.5. The lowest BCUT2D eigenvalue weighted by molar-refractivity contribution is 0.208. The summed E-state index contributed by atoms with van der Waals surface area (Å²) in [7, 11) is 1.64. The molecule has 9 heteroatoms. The van der Waals surface area contributed by atoms with Crippen LogP contribution in [0.1, 0.15) is 0 Å². The van der Waals surface area contributed by atoms with Crippen LogP contribution < -0.4 is 15.0 Å². The minimum atomic E-state index is -0.185. The molecule has 0 atom stereocenters. The van der Waals surface area contributed by atoms with Crippen LogP contribution in [0, 0.1) is 0 Å². The number of rotatable bonds is 4. The molecule has 4 rings (SSSR count). The zero-order valence-corrected chi connectivity index (χ0v) is 18.4. The molecule has 7 nitrogen and oxygen atoms in total. The van der Waals surface area contributed by atoms with Gasteiger partial charge in [-0.1, -0.05) is 35.3 Å². The Kier molecular flexibility index (Phi) is 6.44. The van der Waals surface area contributed by atoms with Crippen molar-refractivity contribution in [3.8, 4) is 17.0 Å². The van der Waals surface area contributed by atoms with Crippen molar-refractivity contribution in [1.29, 1.82) is 0 Å². The van der Waals surface area contributed by atoms with Gasteiger partial charge in [-0.3, -0.25) is 0 Å². The third-order valence-corrected chi connectivity index (χ3v) is 5.47. The number of hydrogen-bond acceptors (Lipinski definition) is 5. The number of hydrogen-bond donors (Lipinski definition) is 1. The average Bonchev–Trinajstić information content (AvgIpc) is 2.78. The van der Waals surface area contributed by atoms with E-state index in [1.54, 1.807) is 30.2 Å². The van der Waals surface area contributed by atoms with Crippen LogP contribution in [0.25, 0.3) is 11.3 Å². The summed E-state index contributed by atoms with van der Waals surface area (Å²) in [6.07, 6.45) is 0. The van der Waals surface area contributed by atoms with Gasteiger partial charge in [-0.05, 0) is 42.5 Å². The van der Waals surface area contributed by atoms with Crippen molar-refractivity contribution in [3.05, 3.63) is 64.6 Å². The lowest BCUT2D eigenvalue weighted by Crippen LogP contribution is -2.50. The molecular weight excluding hydrogens is 437 g/mol. The fraction of sp³-hybridized carbons (Fsp3) is 0.227. The summed E-state index contributed by atoms with van der Waals surface area (Å²) in [5.74, 6) is 1.53. The molecule has 1 aliphatic rings. The first kappa shape index (κ1) is 21.2. The van der Waals surface area contributed by atoms with Crippen LogP contribution in [-0.2, 0) is 0 Å². The second-order valence-electron chi connectivity index (χ2n) is 7.04. The second-order valence-corrected chi connectivity index (χ2v) is 7.91. The molecule has 0 bridgehead atoms. The molecule has 31 heavy (non-hydrogen) atoms. The standard InChI is InChI=1S/C22H21Cl2N5O2/c1-31-20-5-3-2-4-18(20)19-6-7-21(27-26-19)28-8-10-29(11-9-28)22(30)25-17-13-15(23)12-16(24)14-17/h2-7,12-14H,8-11H2,1H3,(H,25,30). The molecule has 1 saturated heterocycles. The minimum Gasteiger partial charge on any atom is -0.496 e. The zero-order valence-electron chi connectivity index (χ0n) is 16.9. The molecule has 1 aromatic heterocycles. The Labute approximate surface area is 190 Å². The lowest BCUT2D eigenvalue weighted by atomic mass is 10.1. The number of nitrogens with one attached hydrogen (secondary N) is 1. The van der Waals surface area contributed by atoms with Gasteiger partial charge < -0.3 is 19.9 Å². The largest absolute Gasteiger partial charge is 0.496 e. The molecule has 2 heterocycles. The number of methoxy groups -OCH3 is 1. The van der Waals surface area contributed by atoms with E-state index in [1.165, 1.54) is 0 Å². The highest BCUT2D eigenvalue weighted by Gasteiger charge is 2.22. The normalized spacial score (nSPS) is 13.8.